The van der Waals surface area contributed by atoms with E-state index >= 15 is 0 Å². The van der Waals surface area contributed by atoms with E-state index in [1.165, 1.54) is 12.5 Å². The van der Waals surface area contributed by atoms with Crippen LogP contribution in [0.25, 0.3) is 0 Å². The predicted octanol–water partition coefficient (Wildman–Crippen LogP) is -1.06. The molecule has 0 aromatic carbocycles. The zero-order chi connectivity index (χ0) is 44.3. The van der Waals surface area contributed by atoms with Crippen LogP contribution in [0.4, 0.5) is 0 Å². The zero-order valence-electron chi connectivity index (χ0n) is 36.1. The molecule has 18 nitrogen and oxygen atoms in total. The molecule has 18 heteroatoms. The van der Waals surface area contributed by atoms with E-state index in [1.54, 1.807) is 0 Å². The maximum atomic E-state index is 12.8. The van der Waals surface area contributed by atoms with Gasteiger partial charge in [0.15, 0.2) is 24.7 Å². The molecule has 9 rings (SSSR count). The topological polar surface area (TPSA) is 276 Å². The highest BCUT2D eigenvalue weighted by atomic mass is 16.8. The minimum atomic E-state index is -1.73. The van der Waals surface area contributed by atoms with Gasteiger partial charge in [-0.3, -0.25) is 0 Å². The molecule has 1 spiro atoms. The molecule has 62 heavy (non-hydrogen) atoms. The summed E-state index contributed by atoms with van der Waals surface area (Å²) < 4.78 is 49.4. The van der Waals surface area contributed by atoms with Crippen molar-refractivity contribution in [3.63, 3.8) is 0 Å². The minimum Gasteiger partial charge on any atom is -0.396 e. The summed E-state index contributed by atoms with van der Waals surface area (Å²) in [6.45, 7) is 7.42. The summed E-state index contributed by atoms with van der Waals surface area (Å²) in [5.41, 5.74) is -0.259. The van der Waals surface area contributed by atoms with Crippen LogP contribution in [0, 0.1) is 40.4 Å². The van der Waals surface area contributed by atoms with Gasteiger partial charge in [-0.15, -0.1) is 0 Å². The SMILES string of the molecule is C[C@@H]1O[C@@H](O[C@H]2[C@H](O[C@H]3CC[C@@]4(C)C(=CC[C@@H]5[C@@H]4CC[C@@]4(C)[C@H]5C[C@@H]5O[C@]6(CC[C@@H](CO)CO6)[C@@H](C)[C@@]54O)C3)O[C@H](CO)[C@@H](O[C@@H]3O[C@@H](CO)[C@H](O)[C@H]3O)[C@@H]2O)[C@H](O)[C@H](O)[C@H]1O. The van der Waals surface area contributed by atoms with E-state index in [1.807, 2.05) is 0 Å². The van der Waals surface area contributed by atoms with Crippen molar-refractivity contribution in [2.24, 2.45) is 40.4 Å². The number of hydrogen-bond donors (Lipinski definition) is 10. The van der Waals surface area contributed by atoms with Crippen molar-refractivity contribution in [3.8, 4) is 0 Å². The average Bonchev–Trinajstić information content (AvgIpc) is 3.75. The fourth-order valence-electron chi connectivity index (χ4n) is 13.8. The minimum absolute atomic E-state index is 0.0800. The van der Waals surface area contributed by atoms with Crippen LogP contribution in [0.3, 0.4) is 0 Å². The van der Waals surface area contributed by atoms with Crippen molar-refractivity contribution in [1.29, 1.82) is 0 Å². The summed E-state index contributed by atoms with van der Waals surface area (Å²) in [5.74, 6) is 0.00387. The fraction of sp³-hybridized carbons (Fsp3) is 0.955. The third kappa shape index (κ3) is 7.04. The quantitative estimate of drug-likeness (QED) is 0.124. The molecule has 0 amide bonds. The van der Waals surface area contributed by atoms with Gasteiger partial charge in [-0.1, -0.05) is 32.4 Å². The number of ether oxygens (including phenoxy) is 8. The number of aliphatic hydroxyl groups is 10. The number of fused-ring (bicyclic) bond motifs is 7. The fourth-order valence-corrected chi connectivity index (χ4v) is 13.8. The second-order valence-corrected chi connectivity index (χ2v) is 20.6. The molecule has 0 aromatic rings. The van der Waals surface area contributed by atoms with Crippen LogP contribution in [0.2, 0.25) is 0 Å². The number of aliphatic hydroxyl groups excluding tert-OH is 9. The van der Waals surface area contributed by atoms with Crippen LogP contribution >= 0.6 is 0 Å². The zero-order valence-corrected chi connectivity index (χ0v) is 36.1. The van der Waals surface area contributed by atoms with Crippen molar-refractivity contribution in [1.82, 2.24) is 0 Å². The van der Waals surface area contributed by atoms with Crippen molar-refractivity contribution in [2.45, 2.75) is 195 Å². The molecule has 8 fully saturated rings. The van der Waals surface area contributed by atoms with Gasteiger partial charge in [-0.05, 0) is 81.5 Å². The second kappa shape index (κ2) is 17.0. The number of allylic oxidation sites excluding steroid dienone is 1. The molecule has 0 unspecified atom stereocenters. The maximum Gasteiger partial charge on any atom is 0.187 e. The van der Waals surface area contributed by atoms with Gasteiger partial charge < -0.3 is 89.0 Å². The largest absolute Gasteiger partial charge is 0.396 e. The smallest absolute Gasteiger partial charge is 0.187 e. The van der Waals surface area contributed by atoms with E-state index in [0.29, 0.717) is 37.7 Å². The Morgan fingerprint density at radius 1 is 0.694 bits per heavy atom. The van der Waals surface area contributed by atoms with Gasteiger partial charge in [0.2, 0.25) is 0 Å². The number of rotatable bonds is 9. The second-order valence-electron chi connectivity index (χ2n) is 20.6. The van der Waals surface area contributed by atoms with Gasteiger partial charge in [0.25, 0.3) is 0 Å². The van der Waals surface area contributed by atoms with Crippen LogP contribution in [0.1, 0.15) is 85.5 Å². The molecule has 5 aliphatic heterocycles. The van der Waals surface area contributed by atoms with Crippen LogP contribution in [0.15, 0.2) is 11.6 Å². The van der Waals surface area contributed by atoms with Crippen molar-refractivity contribution < 1.29 is 89.0 Å². The Balaban J connectivity index is 0.917. The predicted molar refractivity (Wildman–Crippen MR) is 211 cm³/mol. The highest BCUT2D eigenvalue weighted by molar-refractivity contribution is 5.29. The van der Waals surface area contributed by atoms with E-state index in [4.69, 9.17) is 37.9 Å². The van der Waals surface area contributed by atoms with Gasteiger partial charge >= 0.3 is 0 Å². The molecule has 0 aromatic heterocycles. The molecule has 5 saturated heterocycles. The van der Waals surface area contributed by atoms with E-state index in [0.717, 1.165) is 38.5 Å². The van der Waals surface area contributed by atoms with Gasteiger partial charge in [-0.2, -0.15) is 0 Å². The first-order valence-electron chi connectivity index (χ1n) is 23.0. The van der Waals surface area contributed by atoms with E-state index in [9.17, 15) is 51.1 Å². The number of hydrogen-bond acceptors (Lipinski definition) is 18. The molecule has 0 radical (unpaired) electrons. The lowest BCUT2D eigenvalue weighted by Gasteiger charge is -2.60. The summed E-state index contributed by atoms with van der Waals surface area (Å²) >= 11 is 0. The molecule has 3 saturated carbocycles. The standard InChI is InChI=1S/C44H70O18/c1-19-30(48)32(50)34(52)38(56-19)61-37-35(53)36(60-39-33(51)31(49)27(16-46)58-39)28(17-47)59-40(37)57-23-8-10-41(3)22(13-23)5-6-24-25(41)9-11-42(4)26(24)14-29-44(42,54)20(2)43(62-29)12-7-21(15-45)18-55-43/h5,19-21,23-40,45-54H,6-18H2,1-4H3/t19-,20+,21-,23-,24+,25-,26-,27-,28+,29-,30-,31-,32+,33+,34+,35-,36+,37+,38-,39-,40+,41-,42-,43+,44+/m0/s1. The highest BCUT2D eigenvalue weighted by Crippen LogP contribution is 2.72. The van der Waals surface area contributed by atoms with Crippen LogP contribution in [-0.4, -0.2) is 187 Å². The molecular formula is C44H70O18. The van der Waals surface area contributed by atoms with Gasteiger partial charge in [0, 0.05) is 30.3 Å². The van der Waals surface area contributed by atoms with E-state index in [-0.39, 0.29) is 41.3 Å². The molecule has 5 heterocycles. The lowest BCUT2D eigenvalue weighted by atomic mass is 9.46. The molecule has 0 bridgehead atoms. The van der Waals surface area contributed by atoms with Crippen molar-refractivity contribution in [2.75, 3.05) is 26.4 Å². The molecule has 25 atom stereocenters. The van der Waals surface area contributed by atoms with Crippen molar-refractivity contribution in [3.05, 3.63) is 11.6 Å². The van der Waals surface area contributed by atoms with E-state index < -0.39 is 117 Å². The molecule has 9 aliphatic rings. The Bertz CT molecular complexity index is 1630. The summed E-state index contributed by atoms with van der Waals surface area (Å²) in [4.78, 5) is 0. The van der Waals surface area contributed by atoms with Gasteiger partial charge in [0.1, 0.15) is 66.6 Å². The molecular weight excluding hydrogens is 816 g/mol. The first-order valence-corrected chi connectivity index (χ1v) is 23.0. The molecule has 4 aliphatic carbocycles. The third-order valence-electron chi connectivity index (χ3n) is 17.7. The maximum absolute atomic E-state index is 12.8. The van der Waals surface area contributed by atoms with Crippen molar-refractivity contribution >= 4 is 0 Å². The summed E-state index contributed by atoms with van der Waals surface area (Å²) in [6.07, 6.45) is -11.8. The first kappa shape index (κ1) is 46.1. The van der Waals surface area contributed by atoms with E-state index in [2.05, 4.69) is 26.8 Å². The Kier molecular flexibility index (Phi) is 12.6. The Morgan fingerprint density at radius 2 is 1.39 bits per heavy atom. The normalized spacial score (nSPS) is 57.5. The Labute approximate surface area is 362 Å². The summed E-state index contributed by atoms with van der Waals surface area (Å²) in [7, 11) is 0. The molecule has 10 N–H and O–H groups in total. The first-order chi connectivity index (χ1) is 29.4. The molecule has 354 valence electrons. The Morgan fingerprint density at radius 3 is 2.06 bits per heavy atom. The highest BCUT2D eigenvalue weighted by Gasteiger charge is 2.76. The van der Waals surface area contributed by atoms with Crippen LogP contribution in [-0.2, 0) is 37.9 Å². The van der Waals surface area contributed by atoms with Crippen LogP contribution in [0.5, 0.6) is 0 Å². The summed E-state index contributed by atoms with van der Waals surface area (Å²) in [5, 5.41) is 107. The lowest BCUT2D eigenvalue weighted by molar-refractivity contribution is -0.380. The van der Waals surface area contributed by atoms with Gasteiger partial charge in [-0.25, -0.2) is 0 Å². The van der Waals surface area contributed by atoms with Gasteiger partial charge in [0.05, 0.1) is 38.1 Å². The van der Waals surface area contributed by atoms with Crippen LogP contribution < -0.4 is 0 Å². The Hall–Kier alpha value is -0.980. The monoisotopic (exact) mass is 886 g/mol. The third-order valence-corrected chi connectivity index (χ3v) is 17.7. The lowest BCUT2D eigenvalue weighted by Crippen LogP contribution is -2.65. The average molecular weight is 887 g/mol. The summed E-state index contributed by atoms with van der Waals surface area (Å²) in [6, 6.07) is 0.